The number of amidine groups is 1. The van der Waals surface area contributed by atoms with Crippen LogP contribution in [0.4, 0.5) is 0 Å². The minimum Gasteiger partial charge on any atom is -0.301 e. The highest BCUT2D eigenvalue weighted by atomic mass is 79.9. The number of hydrogen-bond donors (Lipinski definition) is 1. The Morgan fingerprint density at radius 1 is 1.04 bits per heavy atom. The van der Waals surface area contributed by atoms with Crippen LogP contribution in [0.3, 0.4) is 0 Å². The number of hydrogen-bond acceptors (Lipinski definition) is 4. The molecule has 1 heterocycles. The zero-order valence-electron chi connectivity index (χ0n) is 12.1. The molecule has 1 amide bonds. The first-order chi connectivity index (χ1) is 11.1. The number of carbonyl (C=O) groups excluding carboxylic acids is 2. The van der Waals surface area contributed by atoms with Crippen molar-refractivity contribution in [3.63, 3.8) is 0 Å². The number of amides is 1. The first-order valence-electron chi connectivity index (χ1n) is 7.03. The summed E-state index contributed by atoms with van der Waals surface area (Å²) in [7, 11) is 0. The molecule has 0 fully saturated rings. The zero-order chi connectivity index (χ0) is 16.2. The van der Waals surface area contributed by atoms with E-state index in [9.17, 15) is 9.59 Å². The number of halogens is 1. The van der Waals surface area contributed by atoms with Gasteiger partial charge in [0.05, 0.1) is 12.1 Å². The number of carbonyl (C=O) groups is 2. The minimum absolute atomic E-state index is 0.177. The Balaban J connectivity index is 1.89. The highest BCUT2D eigenvalue weighted by molar-refractivity contribution is 9.10. The Labute approximate surface area is 146 Å². The average molecular weight is 389 g/mol. The van der Waals surface area contributed by atoms with E-state index in [0.29, 0.717) is 28.4 Å². The van der Waals surface area contributed by atoms with Crippen LogP contribution >= 0.6 is 27.7 Å². The van der Waals surface area contributed by atoms with E-state index in [1.165, 1.54) is 11.8 Å². The van der Waals surface area contributed by atoms with Gasteiger partial charge in [-0.25, -0.2) is 0 Å². The van der Waals surface area contributed by atoms with Crippen LogP contribution in [0.15, 0.2) is 58.0 Å². The van der Waals surface area contributed by atoms with Crippen molar-refractivity contribution >= 4 is 44.5 Å². The number of aliphatic imine (C=N–C) groups is 1. The van der Waals surface area contributed by atoms with Gasteiger partial charge in [-0.1, -0.05) is 45.9 Å². The van der Waals surface area contributed by atoms with Gasteiger partial charge in [0.15, 0.2) is 11.0 Å². The second-order valence-electron chi connectivity index (χ2n) is 4.87. The summed E-state index contributed by atoms with van der Waals surface area (Å²) in [5.74, 6) is 0.387. The van der Waals surface area contributed by atoms with Crippen LogP contribution in [0, 0.1) is 0 Å². The monoisotopic (exact) mass is 388 g/mol. The summed E-state index contributed by atoms with van der Waals surface area (Å²) < 4.78 is 0.899. The molecule has 0 bridgehead atoms. The summed E-state index contributed by atoms with van der Waals surface area (Å²) in [5.41, 5.74) is 1.28. The maximum Gasteiger partial charge on any atom is 0.257 e. The van der Waals surface area contributed by atoms with Gasteiger partial charge >= 0.3 is 0 Å². The zero-order valence-corrected chi connectivity index (χ0v) is 14.5. The van der Waals surface area contributed by atoms with E-state index in [2.05, 4.69) is 26.2 Å². The van der Waals surface area contributed by atoms with Crippen molar-refractivity contribution in [1.82, 2.24) is 5.32 Å². The molecule has 0 atom stereocenters. The lowest BCUT2D eigenvalue weighted by molar-refractivity contribution is 0.0963. The highest BCUT2D eigenvalue weighted by Gasteiger charge is 2.19. The highest BCUT2D eigenvalue weighted by Crippen LogP contribution is 2.18. The van der Waals surface area contributed by atoms with E-state index >= 15 is 0 Å². The van der Waals surface area contributed by atoms with Gasteiger partial charge in [-0.15, -0.1) is 0 Å². The third-order valence-electron chi connectivity index (χ3n) is 3.33. The molecule has 0 aromatic heterocycles. The summed E-state index contributed by atoms with van der Waals surface area (Å²) in [6, 6.07) is 13.9. The standard InChI is InChI=1S/C17H13BrN2O2S/c18-12-7-5-11(6-8-12)15(21)13-3-1-2-4-14(13)16(22)20-17-19-9-10-23-17/h1-8H,9-10H2,(H,19,20,22). The fourth-order valence-electron chi connectivity index (χ4n) is 2.21. The fraction of sp³-hybridized carbons (Fsp3) is 0.118. The molecule has 1 aliphatic heterocycles. The summed E-state index contributed by atoms with van der Waals surface area (Å²) >= 11 is 4.85. The van der Waals surface area contributed by atoms with Crippen LogP contribution in [0.25, 0.3) is 0 Å². The molecule has 0 saturated carbocycles. The van der Waals surface area contributed by atoms with E-state index in [1.54, 1.807) is 48.5 Å². The number of thioether (sulfide) groups is 1. The van der Waals surface area contributed by atoms with E-state index < -0.39 is 0 Å². The first-order valence-corrected chi connectivity index (χ1v) is 8.81. The third kappa shape index (κ3) is 3.71. The molecule has 23 heavy (non-hydrogen) atoms. The summed E-state index contributed by atoms with van der Waals surface area (Å²) in [6.07, 6.45) is 0. The number of nitrogens with one attached hydrogen (secondary N) is 1. The maximum absolute atomic E-state index is 12.7. The maximum atomic E-state index is 12.7. The van der Waals surface area contributed by atoms with Gasteiger partial charge in [0.25, 0.3) is 5.91 Å². The number of benzene rings is 2. The van der Waals surface area contributed by atoms with E-state index in [4.69, 9.17) is 0 Å². The molecule has 2 aromatic carbocycles. The number of nitrogens with zero attached hydrogens (tertiary/aromatic N) is 1. The Morgan fingerprint density at radius 3 is 2.39 bits per heavy atom. The van der Waals surface area contributed by atoms with Crippen molar-refractivity contribution in [2.24, 2.45) is 4.99 Å². The van der Waals surface area contributed by atoms with Crippen LogP contribution in [0.5, 0.6) is 0 Å². The molecule has 116 valence electrons. The predicted molar refractivity (Wildman–Crippen MR) is 96.2 cm³/mol. The summed E-state index contributed by atoms with van der Waals surface area (Å²) in [6.45, 7) is 0.708. The minimum atomic E-state index is -0.306. The van der Waals surface area contributed by atoms with Crippen molar-refractivity contribution in [1.29, 1.82) is 0 Å². The molecular weight excluding hydrogens is 376 g/mol. The Kier molecular flexibility index (Phi) is 4.93. The fourth-order valence-corrected chi connectivity index (χ4v) is 3.20. The summed E-state index contributed by atoms with van der Waals surface area (Å²) in [5, 5.41) is 3.38. The van der Waals surface area contributed by atoms with Gasteiger partial charge in [-0.2, -0.15) is 0 Å². The average Bonchev–Trinajstić information content (AvgIpc) is 3.08. The molecule has 0 unspecified atom stereocenters. The molecular formula is C17H13BrN2O2S. The topological polar surface area (TPSA) is 58.5 Å². The lowest BCUT2D eigenvalue weighted by Gasteiger charge is -2.09. The van der Waals surface area contributed by atoms with Crippen LogP contribution in [0.2, 0.25) is 0 Å². The smallest absolute Gasteiger partial charge is 0.257 e. The normalized spacial score (nSPS) is 13.5. The van der Waals surface area contributed by atoms with Crippen LogP contribution in [-0.4, -0.2) is 29.2 Å². The molecule has 0 saturated heterocycles. The third-order valence-corrected chi connectivity index (χ3v) is 4.75. The second-order valence-corrected chi connectivity index (χ2v) is 6.87. The van der Waals surface area contributed by atoms with Crippen molar-refractivity contribution in [2.45, 2.75) is 0 Å². The van der Waals surface area contributed by atoms with Crippen LogP contribution < -0.4 is 5.32 Å². The Morgan fingerprint density at radius 2 is 1.74 bits per heavy atom. The summed E-state index contributed by atoms with van der Waals surface area (Å²) in [4.78, 5) is 29.3. The van der Waals surface area contributed by atoms with E-state index in [1.807, 2.05) is 0 Å². The lowest BCUT2D eigenvalue weighted by atomic mass is 9.98. The second kappa shape index (κ2) is 7.10. The van der Waals surface area contributed by atoms with Crippen molar-refractivity contribution in [3.05, 3.63) is 69.7 Å². The molecule has 0 spiro atoms. The first kappa shape index (κ1) is 16.0. The van der Waals surface area contributed by atoms with Crippen LogP contribution in [0.1, 0.15) is 26.3 Å². The van der Waals surface area contributed by atoms with Crippen molar-refractivity contribution < 1.29 is 9.59 Å². The molecule has 1 aliphatic rings. The van der Waals surface area contributed by atoms with Crippen LogP contribution in [-0.2, 0) is 0 Å². The largest absolute Gasteiger partial charge is 0.301 e. The van der Waals surface area contributed by atoms with Gasteiger partial charge in [-0.3, -0.25) is 14.6 Å². The Bertz CT molecular complexity index is 787. The molecule has 0 radical (unpaired) electrons. The molecule has 2 aromatic rings. The van der Waals surface area contributed by atoms with Gasteiger partial charge < -0.3 is 5.32 Å². The van der Waals surface area contributed by atoms with Crippen molar-refractivity contribution in [2.75, 3.05) is 12.3 Å². The molecule has 4 nitrogen and oxygen atoms in total. The van der Waals surface area contributed by atoms with E-state index in [0.717, 1.165) is 10.2 Å². The molecule has 3 rings (SSSR count). The SMILES string of the molecule is O=C(NC1=NCCS1)c1ccccc1C(=O)c1ccc(Br)cc1. The molecule has 6 heteroatoms. The van der Waals surface area contributed by atoms with Gasteiger partial charge in [0, 0.05) is 21.4 Å². The number of ketones is 1. The van der Waals surface area contributed by atoms with Crippen molar-refractivity contribution in [3.8, 4) is 0 Å². The lowest BCUT2D eigenvalue weighted by Crippen LogP contribution is -2.29. The molecule has 1 N–H and O–H groups in total. The quantitative estimate of drug-likeness (QED) is 0.818. The van der Waals surface area contributed by atoms with E-state index in [-0.39, 0.29) is 11.7 Å². The Hall–Kier alpha value is -1.92. The predicted octanol–water partition coefficient (Wildman–Crippen LogP) is 3.51. The number of rotatable bonds is 3. The van der Waals surface area contributed by atoms with Gasteiger partial charge in [0.1, 0.15) is 0 Å². The molecule has 0 aliphatic carbocycles. The van der Waals surface area contributed by atoms with Gasteiger partial charge in [-0.05, 0) is 30.3 Å². The van der Waals surface area contributed by atoms with Gasteiger partial charge in [0.2, 0.25) is 0 Å².